The molecule has 102 heavy (non-hydrogen) atoms. The molecule has 0 aromatic carbocycles. The minimum absolute atomic E-state index is 0.108. The number of carbonyl (C=O) groups is 4. The van der Waals surface area contributed by atoms with Gasteiger partial charge in [0.15, 0.2) is 12.2 Å². The van der Waals surface area contributed by atoms with Crippen LogP contribution in [0, 0.1) is 5.92 Å². The van der Waals surface area contributed by atoms with E-state index in [0.29, 0.717) is 25.7 Å². The van der Waals surface area contributed by atoms with Crippen molar-refractivity contribution in [2.45, 2.75) is 464 Å². The molecular weight excluding hydrogens is 1330 g/mol. The van der Waals surface area contributed by atoms with E-state index in [1.807, 2.05) is 0 Å². The summed E-state index contributed by atoms with van der Waals surface area (Å²) in [6.07, 6.45) is 68.3. The summed E-state index contributed by atoms with van der Waals surface area (Å²) in [4.78, 5) is 72.9. The van der Waals surface area contributed by atoms with Gasteiger partial charge in [-0.2, -0.15) is 0 Å². The van der Waals surface area contributed by atoms with Crippen molar-refractivity contribution in [2.75, 3.05) is 39.6 Å². The molecule has 0 aliphatic carbocycles. The summed E-state index contributed by atoms with van der Waals surface area (Å²) in [5.41, 5.74) is 0. The third kappa shape index (κ3) is 76.3. The Morgan fingerprint density at radius 3 is 0.667 bits per heavy atom. The van der Waals surface area contributed by atoms with Gasteiger partial charge in [-0.3, -0.25) is 37.3 Å². The van der Waals surface area contributed by atoms with Gasteiger partial charge in [0, 0.05) is 25.7 Å². The highest BCUT2D eigenvalue weighted by Crippen LogP contribution is 2.45. The van der Waals surface area contributed by atoms with Crippen molar-refractivity contribution in [1.29, 1.82) is 0 Å². The third-order valence-corrected chi connectivity index (χ3v) is 21.4. The number of aliphatic hydroxyl groups is 1. The number of phosphoric ester groups is 2. The molecular formula is C83H162O17P2. The van der Waals surface area contributed by atoms with Gasteiger partial charge < -0.3 is 33.8 Å². The van der Waals surface area contributed by atoms with Crippen molar-refractivity contribution in [2.24, 2.45) is 5.92 Å². The van der Waals surface area contributed by atoms with E-state index in [1.54, 1.807) is 0 Å². The van der Waals surface area contributed by atoms with Crippen LogP contribution in [0.3, 0.4) is 0 Å². The van der Waals surface area contributed by atoms with E-state index in [1.165, 1.54) is 257 Å². The summed E-state index contributed by atoms with van der Waals surface area (Å²) in [6, 6.07) is 0. The molecule has 0 aromatic heterocycles. The lowest BCUT2D eigenvalue weighted by molar-refractivity contribution is -0.161. The molecule has 0 aliphatic rings. The standard InChI is InChI=1S/C83H162O17P2/c1-6-9-12-15-18-20-22-24-26-27-28-29-30-31-32-36-41-45-49-54-59-64-69-83(88)100-79(73-94-81(86)67-62-57-52-47-43-39-37-33-35-38-42-46-51-55-60-65-76(4)5)75-98-102(91,92)96-71-77(84)70-95-101(89,90)97-74-78(72-93-80(85)66-61-56-50-17-14-11-8-3)99-82(87)68-63-58-53-48-44-40-34-25-23-21-19-16-13-10-7-2/h76-79,84H,6-75H2,1-5H3,(H,89,90)(H,91,92)/t77-,78+,79+/m0/s1. The Labute approximate surface area is 626 Å². The molecule has 0 rings (SSSR count). The Hall–Kier alpha value is -1.94. The van der Waals surface area contributed by atoms with E-state index in [4.69, 9.17) is 37.0 Å². The van der Waals surface area contributed by atoms with Gasteiger partial charge in [0.05, 0.1) is 26.4 Å². The highest BCUT2D eigenvalue weighted by Gasteiger charge is 2.30. The van der Waals surface area contributed by atoms with Gasteiger partial charge in [0.25, 0.3) is 0 Å². The van der Waals surface area contributed by atoms with Crippen LogP contribution in [0.25, 0.3) is 0 Å². The zero-order valence-corrected chi connectivity index (χ0v) is 68.5. The van der Waals surface area contributed by atoms with Crippen LogP contribution < -0.4 is 0 Å². The van der Waals surface area contributed by atoms with Gasteiger partial charge in [-0.25, -0.2) is 9.13 Å². The first-order chi connectivity index (χ1) is 49.5. The smallest absolute Gasteiger partial charge is 0.462 e. The van der Waals surface area contributed by atoms with Crippen LogP contribution in [-0.2, 0) is 65.4 Å². The van der Waals surface area contributed by atoms with E-state index in [9.17, 15) is 43.2 Å². The predicted octanol–water partition coefficient (Wildman–Crippen LogP) is 25.2. The summed E-state index contributed by atoms with van der Waals surface area (Å²) >= 11 is 0. The monoisotopic (exact) mass is 1490 g/mol. The van der Waals surface area contributed by atoms with E-state index in [2.05, 4.69) is 34.6 Å². The zero-order chi connectivity index (χ0) is 74.8. The molecule has 0 spiro atoms. The Bertz CT molecular complexity index is 1940. The Morgan fingerprint density at radius 2 is 0.451 bits per heavy atom. The molecule has 0 saturated heterocycles. The fourth-order valence-corrected chi connectivity index (χ4v) is 14.5. The van der Waals surface area contributed by atoms with Gasteiger partial charge in [0.2, 0.25) is 0 Å². The molecule has 0 fully saturated rings. The molecule has 5 atom stereocenters. The number of aliphatic hydroxyl groups excluding tert-OH is 1. The van der Waals surface area contributed by atoms with Crippen molar-refractivity contribution in [1.82, 2.24) is 0 Å². The van der Waals surface area contributed by atoms with Gasteiger partial charge in [-0.15, -0.1) is 0 Å². The predicted molar refractivity (Wildman–Crippen MR) is 418 cm³/mol. The zero-order valence-electron chi connectivity index (χ0n) is 66.8. The van der Waals surface area contributed by atoms with Gasteiger partial charge in [-0.05, 0) is 31.6 Å². The number of esters is 4. The van der Waals surface area contributed by atoms with Crippen LogP contribution in [0.4, 0.5) is 0 Å². The fourth-order valence-electron chi connectivity index (χ4n) is 12.9. The van der Waals surface area contributed by atoms with Crippen LogP contribution in [-0.4, -0.2) is 96.7 Å². The van der Waals surface area contributed by atoms with Crippen molar-refractivity contribution < 1.29 is 80.2 Å². The highest BCUT2D eigenvalue weighted by molar-refractivity contribution is 7.47. The number of phosphoric acid groups is 2. The molecule has 0 aromatic rings. The van der Waals surface area contributed by atoms with Crippen LogP contribution >= 0.6 is 15.6 Å². The average Bonchev–Trinajstić information content (AvgIpc) is 0.924. The van der Waals surface area contributed by atoms with E-state index in [0.717, 1.165) is 109 Å². The second-order valence-corrected chi connectivity index (χ2v) is 33.3. The largest absolute Gasteiger partial charge is 0.472 e. The molecule has 17 nitrogen and oxygen atoms in total. The van der Waals surface area contributed by atoms with Gasteiger partial charge in [-0.1, -0.05) is 394 Å². The minimum atomic E-state index is -4.96. The van der Waals surface area contributed by atoms with Crippen LogP contribution in [0.5, 0.6) is 0 Å². The van der Waals surface area contributed by atoms with Gasteiger partial charge in [0.1, 0.15) is 19.3 Å². The lowest BCUT2D eigenvalue weighted by Crippen LogP contribution is -2.30. The van der Waals surface area contributed by atoms with Crippen LogP contribution in [0.2, 0.25) is 0 Å². The second kappa shape index (κ2) is 75.9. The van der Waals surface area contributed by atoms with E-state index >= 15 is 0 Å². The number of hydrogen-bond donors (Lipinski definition) is 3. The van der Waals surface area contributed by atoms with Crippen LogP contribution in [0.15, 0.2) is 0 Å². The molecule has 0 saturated carbocycles. The molecule has 606 valence electrons. The molecule has 0 bridgehead atoms. The number of carbonyl (C=O) groups excluding carboxylic acids is 4. The molecule has 19 heteroatoms. The lowest BCUT2D eigenvalue weighted by atomic mass is 10.0. The summed E-state index contributed by atoms with van der Waals surface area (Å²) in [7, 11) is -9.92. The molecule has 0 heterocycles. The maximum atomic E-state index is 13.1. The van der Waals surface area contributed by atoms with Crippen molar-refractivity contribution in [3.05, 3.63) is 0 Å². The maximum absolute atomic E-state index is 13.1. The SMILES string of the molecule is CCCCCCCCCCCCCCCCCCCCCCCCC(=O)O[C@H](COC(=O)CCCCCCCCCCCCCCCCCC(C)C)COP(=O)(O)OC[C@@H](O)COP(=O)(O)OC[C@@H](COC(=O)CCCCCCCCC)OC(=O)CCCCCCCCCCCCCCCCC. The van der Waals surface area contributed by atoms with Crippen molar-refractivity contribution in [3.8, 4) is 0 Å². The first-order valence-corrected chi connectivity index (χ1v) is 46.1. The van der Waals surface area contributed by atoms with Crippen LogP contribution in [0.1, 0.15) is 446 Å². The van der Waals surface area contributed by atoms with E-state index < -0.39 is 97.5 Å². The first-order valence-electron chi connectivity index (χ1n) is 43.1. The summed E-state index contributed by atoms with van der Waals surface area (Å²) in [5.74, 6) is -1.30. The van der Waals surface area contributed by atoms with Gasteiger partial charge >= 0.3 is 39.5 Å². The summed E-state index contributed by atoms with van der Waals surface area (Å²) in [5, 5.41) is 10.6. The Kier molecular flexibility index (Phi) is 74.4. The quantitative estimate of drug-likeness (QED) is 0.0222. The molecule has 2 unspecified atom stereocenters. The van der Waals surface area contributed by atoms with Crippen molar-refractivity contribution in [3.63, 3.8) is 0 Å². The lowest BCUT2D eigenvalue weighted by Gasteiger charge is -2.21. The molecule has 0 radical (unpaired) electrons. The second-order valence-electron chi connectivity index (χ2n) is 30.3. The first kappa shape index (κ1) is 100. The number of rotatable bonds is 83. The topological polar surface area (TPSA) is 237 Å². The summed E-state index contributed by atoms with van der Waals surface area (Å²) < 4.78 is 68.7. The summed E-state index contributed by atoms with van der Waals surface area (Å²) in [6.45, 7) is 7.33. The fraction of sp³-hybridized carbons (Fsp3) is 0.952. The Balaban J connectivity index is 5.16. The molecule has 3 N–H and O–H groups in total. The average molecular weight is 1490 g/mol. The minimum Gasteiger partial charge on any atom is -0.462 e. The number of hydrogen-bond acceptors (Lipinski definition) is 15. The number of unbranched alkanes of at least 4 members (excludes halogenated alkanes) is 55. The Morgan fingerprint density at radius 1 is 0.265 bits per heavy atom. The normalized spacial score (nSPS) is 13.8. The molecule has 0 aliphatic heterocycles. The van der Waals surface area contributed by atoms with E-state index in [-0.39, 0.29) is 25.7 Å². The highest BCUT2D eigenvalue weighted by atomic mass is 31.2. The molecule has 0 amide bonds. The maximum Gasteiger partial charge on any atom is 0.472 e. The third-order valence-electron chi connectivity index (χ3n) is 19.5. The van der Waals surface area contributed by atoms with Crippen molar-refractivity contribution >= 4 is 39.5 Å². The number of ether oxygens (including phenoxy) is 4.